The number of carbonyl (C=O) groups excluding carboxylic acids is 1. The van der Waals surface area contributed by atoms with Crippen molar-refractivity contribution in [1.82, 2.24) is 5.43 Å². The Hall–Kier alpha value is -2.34. The van der Waals surface area contributed by atoms with Crippen molar-refractivity contribution in [2.24, 2.45) is 5.10 Å². The summed E-state index contributed by atoms with van der Waals surface area (Å²) in [5.74, 6) is 1.11. The van der Waals surface area contributed by atoms with E-state index in [4.69, 9.17) is 9.47 Å². The molecule has 0 aliphatic carbocycles. The summed E-state index contributed by atoms with van der Waals surface area (Å²) in [6.07, 6.45) is 1.55. The topological polar surface area (TPSA) is 59.9 Å². The van der Waals surface area contributed by atoms with Gasteiger partial charge in [0.05, 0.1) is 17.8 Å². The van der Waals surface area contributed by atoms with Gasteiger partial charge in [0.15, 0.2) is 6.61 Å². The first-order chi connectivity index (χ1) is 11.5. The molecule has 0 saturated carbocycles. The second-order valence-corrected chi connectivity index (χ2v) is 6.10. The molecule has 0 radical (unpaired) electrons. The number of nitrogens with zero attached hydrogens (tertiary/aromatic N) is 1. The summed E-state index contributed by atoms with van der Waals surface area (Å²) in [6.45, 7) is 3.86. The SMILES string of the molecule is COc1ccc(C=NNC(=O)COc2ccc(C)cc2C)cc1Br. The predicted molar refractivity (Wildman–Crippen MR) is 97.8 cm³/mol. The molecule has 2 rings (SSSR count). The quantitative estimate of drug-likeness (QED) is 0.605. The first-order valence-electron chi connectivity index (χ1n) is 7.35. The van der Waals surface area contributed by atoms with E-state index in [1.54, 1.807) is 13.3 Å². The number of benzene rings is 2. The van der Waals surface area contributed by atoms with Crippen molar-refractivity contribution < 1.29 is 14.3 Å². The van der Waals surface area contributed by atoms with Gasteiger partial charge in [-0.05, 0) is 65.2 Å². The van der Waals surface area contributed by atoms with Crippen molar-refractivity contribution in [3.8, 4) is 11.5 Å². The molecule has 0 aromatic heterocycles. The summed E-state index contributed by atoms with van der Waals surface area (Å²) in [6, 6.07) is 11.3. The van der Waals surface area contributed by atoms with Crippen molar-refractivity contribution in [1.29, 1.82) is 0 Å². The number of hydrazone groups is 1. The largest absolute Gasteiger partial charge is 0.496 e. The average molecular weight is 391 g/mol. The second kappa shape index (κ2) is 8.49. The van der Waals surface area contributed by atoms with E-state index >= 15 is 0 Å². The van der Waals surface area contributed by atoms with Crippen molar-refractivity contribution in [3.63, 3.8) is 0 Å². The molecule has 0 unspecified atom stereocenters. The van der Waals surface area contributed by atoms with E-state index in [9.17, 15) is 4.79 Å². The molecule has 6 heteroatoms. The van der Waals surface area contributed by atoms with Gasteiger partial charge in [0, 0.05) is 0 Å². The maximum absolute atomic E-state index is 11.8. The van der Waals surface area contributed by atoms with Crippen LogP contribution in [0.1, 0.15) is 16.7 Å². The number of carbonyl (C=O) groups is 1. The standard InChI is InChI=1S/C18H19BrN2O3/c1-12-4-6-16(13(2)8-12)24-11-18(22)21-20-10-14-5-7-17(23-3)15(19)9-14/h4-10H,11H2,1-3H3,(H,21,22). The lowest BCUT2D eigenvalue weighted by Gasteiger charge is -2.08. The Bertz CT molecular complexity index is 760. The van der Waals surface area contributed by atoms with Gasteiger partial charge in [-0.3, -0.25) is 4.79 Å². The molecule has 24 heavy (non-hydrogen) atoms. The zero-order chi connectivity index (χ0) is 17.5. The molecule has 0 atom stereocenters. The highest BCUT2D eigenvalue weighted by atomic mass is 79.9. The summed E-state index contributed by atoms with van der Waals surface area (Å²) in [7, 11) is 1.60. The minimum Gasteiger partial charge on any atom is -0.496 e. The van der Waals surface area contributed by atoms with Crippen molar-refractivity contribution in [2.45, 2.75) is 13.8 Å². The molecule has 1 amide bonds. The Morgan fingerprint density at radius 3 is 2.62 bits per heavy atom. The number of ether oxygens (including phenoxy) is 2. The fraction of sp³-hybridized carbons (Fsp3) is 0.222. The van der Waals surface area contributed by atoms with Crippen molar-refractivity contribution in [3.05, 3.63) is 57.6 Å². The van der Waals surface area contributed by atoms with Crippen LogP contribution < -0.4 is 14.9 Å². The first-order valence-corrected chi connectivity index (χ1v) is 8.14. The minimum atomic E-state index is -0.321. The monoisotopic (exact) mass is 390 g/mol. The molecule has 2 aromatic carbocycles. The third-order valence-corrected chi connectivity index (χ3v) is 3.89. The molecule has 5 nitrogen and oxygen atoms in total. The fourth-order valence-electron chi connectivity index (χ4n) is 2.08. The summed E-state index contributed by atoms with van der Waals surface area (Å²) in [5, 5.41) is 3.92. The minimum absolute atomic E-state index is 0.0897. The lowest BCUT2D eigenvalue weighted by Crippen LogP contribution is -2.24. The van der Waals surface area contributed by atoms with Gasteiger partial charge >= 0.3 is 0 Å². The number of methoxy groups -OCH3 is 1. The number of amides is 1. The highest BCUT2D eigenvalue weighted by Crippen LogP contribution is 2.24. The molecule has 0 aliphatic heterocycles. The van der Waals surface area contributed by atoms with Crippen molar-refractivity contribution >= 4 is 28.1 Å². The Morgan fingerprint density at radius 1 is 1.21 bits per heavy atom. The van der Waals surface area contributed by atoms with Crippen LogP contribution in [0.2, 0.25) is 0 Å². The van der Waals surface area contributed by atoms with Crippen LogP contribution in [0, 0.1) is 13.8 Å². The molecule has 0 fully saturated rings. The number of nitrogens with one attached hydrogen (secondary N) is 1. The predicted octanol–water partition coefficient (Wildman–Crippen LogP) is 3.60. The van der Waals surface area contributed by atoms with Crippen LogP contribution in [-0.4, -0.2) is 25.8 Å². The number of aryl methyl sites for hydroxylation is 2. The summed E-state index contributed by atoms with van der Waals surface area (Å²) in [4.78, 5) is 11.8. The van der Waals surface area contributed by atoms with E-state index in [1.807, 2.05) is 50.2 Å². The summed E-state index contributed by atoms with van der Waals surface area (Å²) in [5.41, 5.74) is 5.42. The highest BCUT2D eigenvalue weighted by Gasteiger charge is 2.04. The average Bonchev–Trinajstić information content (AvgIpc) is 2.54. The fourth-order valence-corrected chi connectivity index (χ4v) is 2.64. The van der Waals surface area contributed by atoms with Crippen molar-refractivity contribution in [2.75, 3.05) is 13.7 Å². The van der Waals surface area contributed by atoms with Crippen LogP contribution in [0.4, 0.5) is 0 Å². The molecule has 2 aromatic rings. The Morgan fingerprint density at radius 2 is 1.96 bits per heavy atom. The lowest BCUT2D eigenvalue weighted by molar-refractivity contribution is -0.123. The molecule has 126 valence electrons. The van der Waals surface area contributed by atoms with E-state index in [0.717, 1.165) is 26.9 Å². The molecule has 0 spiro atoms. The summed E-state index contributed by atoms with van der Waals surface area (Å²) < 4.78 is 11.5. The number of halogens is 1. The van der Waals surface area contributed by atoms with E-state index in [0.29, 0.717) is 5.75 Å². The normalized spacial score (nSPS) is 10.7. The zero-order valence-electron chi connectivity index (χ0n) is 13.8. The van der Waals surface area contributed by atoms with E-state index < -0.39 is 0 Å². The third-order valence-electron chi connectivity index (χ3n) is 3.27. The van der Waals surface area contributed by atoms with Crippen LogP contribution >= 0.6 is 15.9 Å². The van der Waals surface area contributed by atoms with Gasteiger partial charge in [0.25, 0.3) is 5.91 Å². The molecule has 1 N–H and O–H groups in total. The Balaban J connectivity index is 1.85. The highest BCUT2D eigenvalue weighted by molar-refractivity contribution is 9.10. The maximum Gasteiger partial charge on any atom is 0.277 e. The van der Waals surface area contributed by atoms with Gasteiger partial charge in [0.1, 0.15) is 11.5 Å². The molecule has 0 saturated heterocycles. The number of hydrogen-bond acceptors (Lipinski definition) is 4. The van der Waals surface area contributed by atoms with Crippen LogP contribution in [-0.2, 0) is 4.79 Å². The number of rotatable bonds is 6. The van der Waals surface area contributed by atoms with Gasteiger partial charge in [-0.15, -0.1) is 0 Å². The maximum atomic E-state index is 11.8. The van der Waals surface area contributed by atoms with Gasteiger partial charge in [0.2, 0.25) is 0 Å². The van der Waals surface area contributed by atoms with Crippen LogP contribution in [0.25, 0.3) is 0 Å². The van der Waals surface area contributed by atoms with Crippen LogP contribution in [0.3, 0.4) is 0 Å². The molecule has 0 aliphatic rings. The van der Waals surface area contributed by atoms with E-state index in [1.165, 1.54) is 0 Å². The molecular weight excluding hydrogens is 372 g/mol. The third kappa shape index (κ3) is 5.09. The molecule has 0 heterocycles. The van der Waals surface area contributed by atoms with Gasteiger partial charge in [-0.1, -0.05) is 17.7 Å². The number of hydrogen-bond donors (Lipinski definition) is 1. The lowest BCUT2D eigenvalue weighted by atomic mass is 10.1. The molecule has 0 bridgehead atoms. The smallest absolute Gasteiger partial charge is 0.277 e. The summed E-state index contributed by atoms with van der Waals surface area (Å²) >= 11 is 3.40. The van der Waals surface area contributed by atoms with E-state index in [2.05, 4.69) is 26.5 Å². The Labute approximate surface area is 149 Å². The second-order valence-electron chi connectivity index (χ2n) is 5.24. The Kier molecular flexibility index (Phi) is 6.37. The zero-order valence-corrected chi connectivity index (χ0v) is 15.4. The van der Waals surface area contributed by atoms with Gasteiger partial charge in [-0.25, -0.2) is 5.43 Å². The first kappa shape index (κ1) is 18.0. The van der Waals surface area contributed by atoms with Gasteiger partial charge in [-0.2, -0.15) is 5.10 Å². The molecular formula is C18H19BrN2O3. The van der Waals surface area contributed by atoms with Gasteiger partial charge < -0.3 is 9.47 Å². The van der Waals surface area contributed by atoms with Crippen LogP contribution in [0.15, 0.2) is 46.0 Å². The van der Waals surface area contributed by atoms with E-state index in [-0.39, 0.29) is 12.5 Å². The van der Waals surface area contributed by atoms with Crippen LogP contribution in [0.5, 0.6) is 11.5 Å².